The molecule has 6 atom stereocenters. The fourth-order valence-electron chi connectivity index (χ4n) is 7.15. The third-order valence-corrected chi connectivity index (χ3v) is 10.7. The number of esters is 2. The van der Waals surface area contributed by atoms with Gasteiger partial charge in [-0.2, -0.15) is 0 Å². The maximum atomic E-state index is 12.1. The standard InChI is InChI=1S/C15H24O4.C14H22O5.2C5H10.C5H12/c1-9-7-15(8-9)10(2)11(12(17-6)19-15)18-13(16)14(3,4)5;1-8-10(18-12(16)13(2,3)4)11(17-5)19-14(8)6-9(15)7-14;2*1-2-4-5-3-1;1-5(2,3)4/h10-12H,1,7-8H2,2-6H3;8,10-11H,6-7H2,1-5H3;2*1-5H2;1-4H3/t10-,11?,12+;8-,10?,11+;;;/m00.../s1. The molecule has 0 aromatic rings. The van der Waals surface area contributed by atoms with E-state index in [2.05, 4.69) is 41.2 Å². The lowest BCUT2D eigenvalue weighted by atomic mass is 9.69. The van der Waals surface area contributed by atoms with Crippen LogP contribution in [0.5, 0.6) is 0 Å². The Balaban J connectivity index is 0.000000264. The molecule has 4 saturated carbocycles. The van der Waals surface area contributed by atoms with E-state index in [1.54, 1.807) is 27.9 Å². The smallest absolute Gasteiger partial charge is 0.311 e. The molecule has 2 aliphatic heterocycles. The summed E-state index contributed by atoms with van der Waals surface area (Å²) >= 11 is 0. The average Bonchev–Trinajstić information content (AvgIpc) is 3.84. The molecule has 9 heteroatoms. The summed E-state index contributed by atoms with van der Waals surface area (Å²) in [5.41, 5.74) is -0.147. The van der Waals surface area contributed by atoms with Gasteiger partial charge in [-0.3, -0.25) is 14.4 Å². The van der Waals surface area contributed by atoms with Crippen LogP contribution in [-0.4, -0.2) is 67.9 Å². The summed E-state index contributed by atoms with van der Waals surface area (Å²) < 4.78 is 33.6. The first-order chi connectivity index (χ1) is 24.4. The molecular weight excluding hydrogens is 672 g/mol. The Morgan fingerprint density at radius 3 is 1.06 bits per heavy atom. The van der Waals surface area contributed by atoms with Gasteiger partial charge in [0.2, 0.25) is 0 Å². The monoisotopic (exact) mass is 751 g/mol. The Morgan fingerprint density at radius 2 is 0.849 bits per heavy atom. The molecule has 2 heterocycles. The van der Waals surface area contributed by atoms with E-state index in [0.717, 1.165) is 12.8 Å². The van der Waals surface area contributed by atoms with Crippen molar-refractivity contribution in [2.75, 3.05) is 14.2 Å². The second-order valence-corrected chi connectivity index (χ2v) is 19.9. The fourth-order valence-corrected chi connectivity index (χ4v) is 7.15. The topological polar surface area (TPSA) is 107 Å². The molecule has 2 spiro atoms. The minimum atomic E-state index is -0.589. The quantitative estimate of drug-likeness (QED) is 0.205. The molecule has 6 aliphatic rings. The van der Waals surface area contributed by atoms with Crippen molar-refractivity contribution in [2.45, 2.75) is 209 Å². The van der Waals surface area contributed by atoms with Gasteiger partial charge in [-0.1, -0.05) is 118 Å². The van der Waals surface area contributed by atoms with E-state index >= 15 is 0 Å². The van der Waals surface area contributed by atoms with E-state index in [1.165, 1.54) is 76.9 Å². The molecule has 53 heavy (non-hydrogen) atoms. The van der Waals surface area contributed by atoms with Crippen molar-refractivity contribution in [3.05, 3.63) is 12.2 Å². The van der Waals surface area contributed by atoms with E-state index in [-0.39, 0.29) is 41.3 Å². The van der Waals surface area contributed by atoms with E-state index < -0.39 is 35.1 Å². The number of hydrogen-bond acceptors (Lipinski definition) is 9. The summed E-state index contributed by atoms with van der Waals surface area (Å²) in [4.78, 5) is 35.3. The summed E-state index contributed by atoms with van der Waals surface area (Å²) in [7, 11) is 3.11. The van der Waals surface area contributed by atoms with Crippen LogP contribution < -0.4 is 0 Å². The average molecular weight is 751 g/mol. The maximum Gasteiger partial charge on any atom is 0.311 e. The van der Waals surface area contributed by atoms with Crippen LogP contribution >= 0.6 is 0 Å². The highest BCUT2D eigenvalue weighted by molar-refractivity contribution is 5.87. The number of hydrogen-bond donors (Lipinski definition) is 0. The van der Waals surface area contributed by atoms with Gasteiger partial charge in [0.15, 0.2) is 24.8 Å². The molecule has 2 unspecified atom stereocenters. The van der Waals surface area contributed by atoms with Crippen LogP contribution in [0, 0.1) is 28.1 Å². The Kier molecular flexibility index (Phi) is 17.7. The molecule has 0 amide bonds. The summed E-state index contributed by atoms with van der Waals surface area (Å²) in [5.74, 6) is -0.233. The van der Waals surface area contributed by atoms with E-state index in [9.17, 15) is 14.4 Å². The van der Waals surface area contributed by atoms with E-state index in [1.807, 2.05) is 27.7 Å². The van der Waals surface area contributed by atoms with Crippen LogP contribution in [0.15, 0.2) is 12.2 Å². The summed E-state index contributed by atoms with van der Waals surface area (Å²) in [5, 5.41) is 0. The molecule has 6 fully saturated rings. The van der Waals surface area contributed by atoms with Crippen molar-refractivity contribution in [1.29, 1.82) is 0 Å². The number of methoxy groups -OCH3 is 2. The molecule has 0 aromatic carbocycles. The zero-order valence-corrected chi connectivity index (χ0v) is 36.2. The first kappa shape index (κ1) is 47.3. The third-order valence-electron chi connectivity index (χ3n) is 10.7. The van der Waals surface area contributed by atoms with E-state index in [0.29, 0.717) is 18.3 Å². The summed E-state index contributed by atoms with van der Waals surface area (Å²) in [6, 6.07) is 0. The van der Waals surface area contributed by atoms with Crippen LogP contribution in [0.25, 0.3) is 0 Å². The van der Waals surface area contributed by atoms with Crippen molar-refractivity contribution in [1.82, 2.24) is 0 Å². The zero-order valence-electron chi connectivity index (χ0n) is 36.2. The van der Waals surface area contributed by atoms with Crippen LogP contribution in [0.3, 0.4) is 0 Å². The van der Waals surface area contributed by atoms with Gasteiger partial charge < -0.3 is 28.4 Å². The van der Waals surface area contributed by atoms with Gasteiger partial charge in [0, 0.05) is 38.9 Å². The zero-order chi connectivity index (χ0) is 40.4. The predicted molar refractivity (Wildman–Crippen MR) is 210 cm³/mol. The summed E-state index contributed by atoms with van der Waals surface area (Å²) in [6.45, 7) is 27.7. The highest BCUT2D eigenvalue weighted by Gasteiger charge is 2.61. The molecule has 0 N–H and O–H groups in total. The highest BCUT2D eigenvalue weighted by Crippen LogP contribution is 2.53. The highest BCUT2D eigenvalue weighted by atomic mass is 16.7. The normalized spacial score (nSPS) is 29.5. The van der Waals surface area contributed by atoms with Crippen LogP contribution in [0.4, 0.5) is 0 Å². The number of Topliss-reactive ketones (excluding diaryl/α,β-unsaturated/α-hetero) is 1. The Hall–Kier alpha value is -1.81. The molecule has 9 nitrogen and oxygen atoms in total. The maximum absolute atomic E-state index is 12.1. The number of carbonyl (C=O) groups excluding carboxylic acids is 3. The first-order valence-corrected chi connectivity index (χ1v) is 20.4. The van der Waals surface area contributed by atoms with Crippen LogP contribution in [0.1, 0.15) is 173 Å². The first-order valence-electron chi connectivity index (χ1n) is 20.4. The molecule has 6 rings (SSSR count). The molecular formula is C44H78O9. The number of ether oxygens (including phenoxy) is 6. The molecule has 0 aromatic heterocycles. The van der Waals surface area contributed by atoms with Gasteiger partial charge in [0.1, 0.15) is 5.78 Å². The van der Waals surface area contributed by atoms with Gasteiger partial charge in [-0.15, -0.1) is 0 Å². The second kappa shape index (κ2) is 19.9. The number of ketones is 1. The Morgan fingerprint density at radius 1 is 0.585 bits per heavy atom. The molecule has 2 saturated heterocycles. The number of rotatable bonds is 4. The van der Waals surface area contributed by atoms with Crippen molar-refractivity contribution in [3.8, 4) is 0 Å². The number of carbonyl (C=O) groups is 3. The van der Waals surface area contributed by atoms with Crippen molar-refractivity contribution in [2.24, 2.45) is 28.1 Å². The van der Waals surface area contributed by atoms with Crippen molar-refractivity contribution < 1.29 is 42.8 Å². The van der Waals surface area contributed by atoms with Crippen molar-refractivity contribution in [3.63, 3.8) is 0 Å². The lowest BCUT2D eigenvalue weighted by molar-refractivity contribution is -0.205. The fraction of sp³-hybridized carbons (Fsp3) is 0.886. The SMILES string of the molecule is C1CCCC1.C1CCCC1.C=C1CC2(C1)O[C@@H](OC)C(OC(=O)C(C)(C)C)[C@@H]2C.CC(C)(C)C.CO[C@@H]1OC2(CC(=O)C2)[C@@H](C)C1OC(=O)C(C)(C)C. The lowest BCUT2D eigenvalue weighted by Gasteiger charge is -2.42. The van der Waals surface area contributed by atoms with Gasteiger partial charge in [-0.25, -0.2) is 0 Å². The van der Waals surface area contributed by atoms with Crippen molar-refractivity contribution >= 4 is 17.7 Å². The molecule has 0 radical (unpaired) electrons. The summed E-state index contributed by atoms with van der Waals surface area (Å²) in [6.07, 6.45) is 15.6. The Bertz CT molecular complexity index is 1060. The van der Waals surface area contributed by atoms with Gasteiger partial charge in [0.25, 0.3) is 0 Å². The second-order valence-electron chi connectivity index (χ2n) is 19.9. The lowest BCUT2D eigenvalue weighted by Crippen LogP contribution is -2.49. The van der Waals surface area contributed by atoms with Gasteiger partial charge in [-0.05, 0) is 59.8 Å². The molecule has 0 bridgehead atoms. The molecule has 308 valence electrons. The molecule has 4 aliphatic carbocycles. The van der Waals surface area contributed by atoms with E-state index in [4.69, 9.17) is 28.4 Å². The van der Waals surface area contributed by atoms with Gasteiger partial charge >= 0.3 is 11.9 Å². The van der Waals surface area contributed by atoms with Crippen LogP contribution in [-0.2, 0) is 42.8 Å². The van der Waals surface area contributed by atoms with Crippen LogP contribution in [0.2, 0.25) is 0 Å². The van der Waals surface area contributed by atoms with Gasteiger partial charge in [0.05, 0.1) is 22.0 Å². The predicted octanol–water partition coefficient (Wildman–Crippen LogP) is 10.3. The third kappa shape index (κ3) is 14.3. The largest absolute Gasteiger partial charge is 0.456 e. The minimum absolute atomic E-state index is 0.0403. The Labute approximate surface area is 323 Å². The minimum Gasteiger partial charge on any atom is -0.456 e.